The Labute approximate surface area is 228 Å². The number of amides is 4. The maximum atomic E-state index is 14.1. The number of hydrogen-bond donors (Lipinski definition) is 4. The molecule has 0 aliphatic heterocycles. The van der Waals surface area contributed by atoms with Gasteiger partial charge in [-0.15, -0.1) is 0 Å². The number of ether oxygens (including phenoxy) is 1. The number of nitrogens with one attached hydrogen (secondary N) is 2. The van der Waals surface area contributed by atoms with Crippen molar-refractivity contribution in [1.29, 1.82) is 0 Å². The van der Waals surface area contributed by atoms with Gasteiger partial charge in [-0.2, -0.15) is 0 Å². The minimum atomic E-state index is -1.33. The van der Waals surface area contributed by atoms with Gasteiger partial charge in [0.2, 0.25) is 17.7 Å². The highest BCUT2D eigenvalue weighted by atomic mass is 16.6. The van der Waals surface area contributed by atoms with Crippen LogP contribution in [-0.4, -0.2) is 51.5 Å². The molecule has 0 saturated heterocycles. The summed E-state index contributed by atoms with van der Waals surface area (Å²) in [5.74, 6) is -1.78. The van der Waals surface area contributed by atoms with Crippen molar-refractivity contribution in [3.05, 3.63) is 65.2 Å². The van der Waals surface area contributed by atoms with Crippen molar-refractivity contribution < 1.29 is 29.0 Å². The molecule has 0 bridgehead atoms. The van der Waals surface area contributed by atoms with Crippen LogP contribution < -0.4 is 16.4 Å². The zero-order chi connectivity index (χ0) is 28.7. The van der Waals surface area contributed by atoms with E-state index in [1.54, 1.807) is 39.8 Å². The largest absolute Gasteiger partial charge is 0.508 e. The van der Waals surface area contributed by atoms with Crippen molar-refractivity contribution in [3.63, 3.8) is 0 Å². The van der Waals surface area contributed by atoms with Gasteiger partial charge in [0.05, 0.1) is 6.42 Å². The third-order valence-electron chi connectivity index (χ3n) is 6.49. The van der Waals surface area contributed by atoms with Gasteiger partial charge in [0.15, 0.2) is 0 Å². The lowest BCUT2D eigenvalue weighted by molar-refractivity contribution is -0.148. The Hall–Kier alpha value is -4.08. The van der Waals surface area contributed by atoms with Crippen LogP contribution in [0.25, 0.3) is 0 Å². The second kappa shape index (κ2) is 12.6. The number of phenolic OH excluding ortho intramolecular Hbond substituents is 1. The fraction of sp³-hybridized carbons (Fsp3) is 0.448. The van der Waals surface area contributed by atoms with Crippen molar-refractivity contribution in [2.75, 3.05) is 0 Å². The third kappa shape index (κ3) is 8.20. The van der Waals surface area contributed by atoms with Gasteiger partial charge in [0.1, 0.15) is 23.4 Å². The predicted molar refractivity (Wildman–Crippen MR) is 145 cm³/mol. The number of hydrogen-bond acceptors (Lipinski definition) is 6. The highest BCUT2D eigenvalue weighted by Gasteiger charge is 2.42. The average Bonchev–Trinajstić information content (AvgIpc) is 2.81. The minimum Gasteiger partial charge on any atom is -0.508 e. The van der Waals surface area contributed by atoms with Crippen LogP contribution in [0.3, 0.4) is 0 Å². The standard InChI is InChI=1S/C29H38N4O6/c1-18-15-20(13-14-23(18)34)25(26(36)31-17-19-9-6-5-7-10-19)33(21-11-8-12-21)27(37)22(16-24(30)35)32-28(38)39-29(2,3)4/h5-7,9-10,13-15,21-22,25,34H,8,11-12,16-17H2,1-4H3,(H2,30,35)(H,31,36)(H,32,38). The van der Waals surface area contributed by atoms with Crippen LogP contribution in [0, 0.1) is 6.92 Å². The monoisotopic (exact) mass is 538 g/mol. The van der Waals surface area contributed by atoms with E-state index in [4.69, 9.17) is 10.5 Å². The SMILES string of the molecule is Cc1cc(C(C(=O)NCc2ccccc2)N(C(=O)C(CC(N)=O)NC(=O)OC(C)(C)C)C2CCC2)ccc1O. The Bertz CT molecular complexity index is 1190. The molecule has 4 amide bonds. The van der Waals surface area contributed by atoms with Crippen LogP contribution in [0.15, 0.2) is 48.5 Å². The Morgan fingerprint density at radius 1 is 1.10 bits per heavy atom. The molecule has 2 atom stereocenters. The molecular formula is C29H38N4O6. The second-order valence-corrected chi connectivity index (χ2v) is 10.9. The maximum Gasteiger partial charge on any atom is 0.408 e. The number of rotatable bonds is 10. The molecule has 0 radical (unpaired) electrons. The van der Waals surface area contributed by atoms with E-state index in [-0.39, 0.29) is 18.3 Å². The van der Waals surface area contributed by atoms with Gasteiger partial charge < -0.3 is 31.1 Å². The van der Waals surface area contributed by atoms with E-state index in [2.05, 4.69) is 10.6 Å². The van der Waals surface area contributed by atoms with Gasteiger partial charge in [-0.25, -0.2) is 4.79 Å². The number of carbonyl (C=O) groups excluding carboxylic acids is 4. The lowest BCUT2D eigenvalue weighted by Crippen LogP contribution is -2.58. The number of nitrogens with zero attached hydrogens (tertiary/aromatic N) is 1. The highest BCUT2D eigenvalue weighted by Crippen LogP contribution is 2.35. The van der Waals surface area contributed by atoms with Gasteiger partial charge in [0.25, 0.3) is 0 Å². The summed E-state index contributed by atoms with van der Waals surface area (Å²) in [4.78, 5) is 53.8. The minimum absolute atomic E-state index is 0.0573. The maximum absolute atomic E-state index is 14.1. The van der Waals surface area contributed by atoms with E-state index in [9.17, 15) is 24.3 Å². The molecule has 0 spiro atoms. The molecule has 5 N–H and O–H groups in total. The molecule has 10 heteroatoms. The third-order valence-corrected chi connectivity index (χ3v) is 6.49. The zero-order valence-electron chi connectivity index (χ0n) is 22.9. The number of phenols is 1. The Balaban J connectivity index is 1.99. The van der Waals surface area contributed by atoms with E-state index < -0.39 is 47.9 Å². The quantitative estimate of drug-likeness (QED) is 0.365. The predicted octanol–water partition coefficient (Wildman–Crippen LogP) is 3.21. The smallest absolute Gasteiger partial charge is 0.408 e. The number of nitrogens with two attached hydrogens (primary N) is 1. The van der Waals surface area contributed by atoms with Gasteiger partial charge in [-0.1, -0.05) is 36.4 Å². The molecule has 39 heavy (non-hydrogen) atoms. The van der Waals surface area contributed by atoms with Crippen LogP contribution in [0.5, 0.6) is 5.75 Å². The molecule has 1 aliphatic rings. The number of carbonyl (C=O) groups is 4. The van der Waals surface area contributed by atoms with Crippen molar-refractivity contribution in [1.82, 2.24) is 15.5 Å². The first kappa shape index (κ1) is 29.5. The molecule has 10 nitrogen and oxygen atoms in total. The lowest BCUT2D eigenvalue weighted by Gasteiger charge is -2.43. The summed E-state index contributed by atoms with van der Waals surface area (Å²) in [6, 6.07) is 11.4. The summed E-state index contributed by atoms with van der Waals surface area (Å²) in [5, 5.41) is 15.5. The molecule has 0 heterocycles. The molecular weight excluding hydrogens is 500 g/mol. The molecule has 1 saturated carbocycles. The Kier molecular flexibility index (Phi) is 9.56. The van der Waals surface area contributed by atoms with Crippen molar-refractivity contribution in [2.24, 2.45) is 5.73 Å². The first-order valence-corrected chi connectivity index (χ1v) is 13.1. The summed E-state index contributed by atoms with van der Waals surface area (Å²) < 4.78 is 5.31. The van der Waals surface area contributed by atoms with Crippen LogP contribution >= 0.6 is 0 Å². The highest BCUT2D eigenvalue weighted by molar-refractivity contribution is 5.94. The number of aromatic hydroxyl groups is 1. The topological polar surface area (TPSA) is 151 Å². The van der Waals surface area contributed by atoms with Crippen molar-refractivity contribution in [2.45, 2.75) is 83.6 Å². The average molecular weight is 539 g/mol. The summed E-state index contributed by atoms with van der Waals surface area (Å²) in [6.45, 7) is 6.98. The fourth-order valence-corrected chi connectivity index (χ4v) is 4.38. The Morgan fingerprint density at radius 2 is 1.77 bits per heavy atom. The molecule has 1 fully saturated rings. The molecule has 210 valence electrons. The summed E-state index contributed by atoms with van der Waals surface area (Å²) in [6.07, 6.45) is 0.832. The summed E-state index contributed by atoms with van der Waals surface area (Å²) >= 11 is 0. The van der Waals surface area contributed by atoms with E-state index >= 15 is 0 Å². The van der Waals surface area contributed by atoms with Crippen LogP contribution in [0.1, 0.15) is 69.2 Å². The van der Waals surface area contributed by atoms with E-state index in [0.29, 0.717) is 24.0 Å². The summed E-state index contributed by atoms with van der Waals surface area (Å²) in [5.41, 5.74) is 6.52. The molecule has 2 aromatic carbocycles. The van der Waals surface area contributed by atoms with Gasteiger partial charge >= 0.3 is 6.09 Å². The molecule has 0 aromatic heterocycles. The van der Waals surface area contributed by atoms with Gasteiger partial charge in [-0.05, 0) is 75.8 Å². The van der Waals surface area contributed by atoms with Gasteiger partial charge in [-0.3, -0.25) is 14.4 Å². The van der Waals surface area contributed by atoms with Crippen LogP contribution in [-0.2, 0) is 25.7 Å². The normalized spacial score (nSPS) is 14.9. The Morgan fingerprint density at radius 3 is 2.31 bits per heavy atom. The lowest BCUT2D eigenvalue weighted by atomic mass is 9.87. The number of benzene rings is 2. The van der Waals surface area contributed by atoms with Gasteiger partial charge in [0, 0.05) is 12.6 Å². The molecule has 1 aliphatic carbocycles. The fourth-order valence-electron chi connectivity index (χ4n) is 4.38. The molecule has 2 unspecified atom stereocenters. The zero-order valence-corrected chi connectivity index (χ0v) is 22.9. The number of aryl methyl sites for hydroxylation is 1. The second-order valence-electron chi connectivity index (χ2n) is 10.9. The van der Waals surface area contributed by atoms with Crippen molar-refractivity contribution in [3.8, 4) is 5.75 Å². The van der Waals surface area contributed by atoms with Crippen LogP contribution in [0.4, 0.5) is 4.79 Å². The van der Waals surface area contributed by atoms with Crippen LogP contribution in [0.2, 0.25) is 0 Å². The first-order valence-electron chi connectivity index (χ1n) is 13.1. The number of alkyl carbamates (subject to hydrolysis) is 1. The summed E-state index contributed by atoms with van der Waals surface area (Å²) in [7, 11) is 0. The molecule has 3 rings (SSSR count). The van der Waals surface area contributed by atoms with E-state index in [1.165, 1.54) is 11.0 Å². The van der Waals surface area contributed by atoms with Crippen molar-refractivity contribution >= 4 is 23.8 Å². The first-order chi connectivity index (χ1) is 18.4. The molecule has 2 aromatic rings. The van der Waals surface area contributed by atoms with E-state index in [0.717, 1.165) is 12.0 Å². The van der Waals surface area contributed by atoms with E-state index in [1.807, 2.05) is 30.3 Å². The number of primary amides is 1.